The fourth-order valence-electron chi connectivity index (χ4n) is 3.82. The van der Waals surface area contributed by atoms with E-state index in [1.54, 1.807) is 18.3 Å². The summed E-state index contributed by atoms with van der Waals surface area (Å²) in [5.41, 5.74) is 2.78. The summed E-state index contributed by atoms with van der Waals surface area (Å²) in [5.74, 6) is -0.955. The lowest BCUT2D eigenvalue weighted by Gasteiger charge is -2.27. The van der Waals surface area contributed by atoms with Gasteiger partial charge in [-0.25, -0.2) is 13.9 Å². The fraction of sp³-hybridized carbons (Fsp3) is 0.333. The van der Waals surface area contributed by atoms with E-state index in [1.165, 1.54) is 35.8 Å². The van der Waals surface area contributed by atoms with Crippen molar-refractivity contribution in [3.8, 4) is 0 Å². The van der Waals surface area contributed by atoms with E-state index in [9.17, 15) is 14.0 Å². The summed E-state index contributed by atoms with van der Waals surface area (Å²) in [6, 6.07) is 6.73. The smallest absolute Gasteiger partial charge is 0.314 e. The first-order valence-corrected chi connectivity index (χ1v) is 9.75. The van der Waals surface area contributed by atoms with Crippen molar-refractivity contribution in [1.29, 1.82) is 0 Å². The van der Waals surface area contributed by atoms with Gasteiger partial charge in [0.2, 0.25) is 0 Å². The zero-order valence-corrected chi connectivity index (χ0v) is 17.1. The minimum Gasteiger partial charge on any atom is -0.349 e. The van der Waals surface area contributed by atoms with Crippen molar-refractivity contribution >= 4 is 29.0 Å². The van der Waals surface area contributed by atoms with Crippen molar-refractivity contribution in [3.63, 3.8) is 0 Å². The SMILES string of the molecule is Cc1ccc(F)cc1[C@H]1CCCN1c1ccn2ncc(NC(=O)C(=O)N(C)C)c2n1. The van der Waals surface area contributed by atoms with E-state index >= 15 is 0 Å². The Morgan fingerprint density at radius 2 is 2.07 bits per heavy atom. The van der Waals surface area contributed by atoms with Crippen molar-refractivity contribution in [2.45, 2.75) is 25.8 Å². The number of hydrogen-bond donors (Lipinski definition) is 1. The summed E-state index contributed by atoms with van der Waals surface area (Å²) in [7, 11) is 3.02. The van der Waals surface area contributed by atoms with Gasteiger partial charge in [-0.15, -0.1) is 0 Å². The molecule has 3 aromatic rings. The van der Waals surface area contributed by atoms with E-state index in [0.717, 1.165) is 30.5 Å². The largest absolute Gasteiger partial charge is 0.349 e. The van der Waals surface area contributed by atoms with Gasteiger partial charge in [-0.1, -0.05) is 6.07 Å². The number of fused-ring (bicyclic) bond motifs is 1. The second-order valence-electron chi connectivity index (χ2n) is 7.62. The number of likely N-dealkylation sites (N-methyl/N-ethyl adjacent to an activating group) is 1. The highest BCUT2D eigenvalue weighted by Gasteiger charge is 2.29. The number of benzene rings is 1. The van der Waals surface area contributed by atoms with E-state index in [0.29, 0.717) is 17.2 Å². The number of hydrogen-bond acceptors (Lipinski definition) is 5. The van der Waals surface area contributed by atoms with Crippen molar-refractivity contribution in [3.05, 3.63) is 53.6 Å². The minimum absolute atomic E-state index is 0.0203. The highest BCUT2D eigenvalue weighted by atomic mass is 19.1. The molecule has 1 N–H and O–H groups in total. The number of nitrogens with zero attached hydrogens (tertiary/aromatic N) is 5. The second kappa shape index (κ2) is 7.74. The van der Waals surface area contributed by atoms with Crippen LogP contribution in [0.4, 0.5) is 15.9 Å². The molecule has 3 heterocycles. The summed E-state index contributed by atoms with van der Waals surface area (Å²) in [4.78, 5) is 32.0. The quantitative estimate of drug-likeness (QED) is 0.671. The summed E-state index contributed by atoms with van der Waals surface area (Å²) in [5, 5.41) is 6.77. The number of nitrogens with one attached hydrogen (secondary N) is 1. The standard InChI is InChI=1S/C21H23FN6O2/c1-13-6-7-14(22)11-15(13)17-5-4-9-27(17)18-8-10-28-19(25-18)16(12-23-28)24-20(29)21(30)26(2)3/h6-8,10-12,17H,4-5,9H2,1-3H3,(H,24,29)/t17-/m1/s1. The number of halogens is 1. The average molecular weight is 410 g/mol. The second-order valence-corrected chi connectivity index (χ2v) is 7.62. The monoisotopic (exact) mass is 410 g/mol. The Bertz CT molecular complexity index is 1130. The molecule has 30 heavy (non-hydrogen) atoms. The Balaban J connectivity index is 1.67. The molecule has 0 spiro atoms. The third-order valence-corrected chi connectivity index (χ3v) is 5.35. The molecule has 1 atom stereocenters. The number of aromatic nitrogens is 3. The van der Waals surface area contributed by atoms with E-state index in [-0.39, 0.29) is 11.9 Å². The van der Waals surface area contributed by atoms with Crippen LogP contribution >= 0.6 is 0 Å². The number of anilines is 2. The van der Waals surface area contributed by atoms with Gasteiger partial charge < -0.3 is 15.1 Å². The predicted octanol–water partition coefficient (Wildman–Crippen LogP) is 2.55. The third-order valence-electron chi connectivity index (χ3n) is 5.35. The molecule has 0 unspecified atom stereocenters. The molecular weight excluding hydrogens is 387 g/mol. The lowest BCUT2D eigenvalue weighted by Crippen LogP contribution is -2.34. The average Bonchev–Trinajstić information content (AvgIpc) is 3.36. The Kier molecular flexibility index (Phi) is 5.11. The normalized spacial score (nSPS) is 16.1. The lowest BCUT2D eigenvalue weighted by atomic mass is 9.99. The van der Waals surface area contributed by atoms with Crippen LogP contribution in [0.5, 0.6) is 0 Å². The molecule has 1 fully saturated rings. The van der Waals surface area contributed by atoms with Crippen LogP contribution in [0.15, 0.2) is 36.7 Å². The molecule has 0 radical (unpaired) electrons. The van der Waals surface area contributed by atoms with Gasteiger partial charge in [-0.3, -0.25) is 9.59 Å². The molecule has 0 saturated carbocycles. The molecule has 1 aromatic carbocycles. The summed E-state index contributed by atoms with van der Waals surface area (Å²) >= 11 is 0. The van der Waals surface area contributed by atoms with Crippen molar-refractivity contribution in [1.82, 2.24) is 19.5 Å². The lowest BCUT2D eigenvalue weighted by molar-refractivity contribution is -0.141. The summed E-state index contributed by atoms with van der Waals surface area (Å²) < 4.78 is 15.4. The van der Waals surface area contributed by atoms with Gasteiger partial charge >= 0.3 is 11.8 Å². The molecule has 1 saturated heterocycles. The van der Waals surface area contributed by atoms with E-state index in [1.807, 2.05) is 13.0 Å². The minimum atomic E-state index is -0.753. The van der Waals surface area contributed by atoms with Gasteiger partial charge in [0.15, 0.2) is 5.65 Å². The Morgan fingerprint density at radius 3 is 2.83 bits per heavy atom. The highest BCUT2D eigenvalue weighted by Crippen LogP contribution is 2.37. The van der Waals surface area contributed by atoms with Gasteiger partial charge in [-0.05, 0) is 49.1 Å². The first-order valence-electron chi connectivity index (χ1n) is 9.75. The van der Waals surface area contributed by atoms with Crippen LogP contribution in [0.2, 0.25) is 0 Å². The molecule has 9 heteroatoms. The van der Waals surface area contributed by atoms with E-state index in [2.05, 4.69) is 15.3 Å². The number of amides is 2. The third kappa shape index (κ3) is 3.58. The molecule has 4 rings (SSSR count). The number of carbonyl (C=O) groups excluding carboxylic acids is 2. The van der Waals surface area contributed by atoms with Gasteiger partial charge in [0.1, 0.15) is 17.3 Å². The number of rotatable bonds is 3. The maximum absolute atomic E-state index is 13.9. The molecule has 2 aromatic heterocycles. The van der Waals surface area contributed by atoms with Crippen LogP contribution in [0.3, 0.4) is 0 Å². The van der Waals surface area contributed by atoms with Crippen LogP contribution in [0, 0.1) is 12.7 Å². The van der Waals surface area contributed by atoms with E-state index < -0.39 is 11.8 Å². The number of carbonyl (C=O) groups is 2. The molecule has 156 valence electrons. The summed E-state index contributed by atoms with van der Waals surface area (Å²) in [6.45, 7) is 2.77. The van der Waals surface area contributed by atoms with Gasteiger partial charge in [0.05, 0.1) is 12.2 Å². The first kappa shape index (κ1) is 19.8. The molecule has 1 aliphatic heterocycles. The van der Waals surface area contributed by atoms with Gasteiger partial charge in [-0.2, -0.15) is 5.10 Å². The van der Waals surface area contributed by atoms with Gasteiger partial charge in [0.25, 0.3) is 0 Å². The molecule has 0 bridgehead atoms. The van der Waals surface area contributed by atoms with Crippen molar-refractivity contribution in [2.24, 2.45) is 0 Å². The zero-order chi connectivity index (χ0) is 21.4. The van der Waals surface area contributed by atoms with Crippen LogP contribution < -0.4 is 10.2 Å². The van der Waals surface area contributed by atoms with Crippen molar-refractivity contribution in [2.75, 3.05) is 30.9 Å². The molecular formula is C21H23FN6O2. The Labute approximate surface area is 173 Å². The molecule has 1 aliphatic rings. The Morgan fingerprint density at radius 1 is 1.27 bits per heavy atom. The summed E-state index contributed by atoms with van der Waals surface area (Å²) in [6.07, 6.45) is 5.09. The zero-order valence-electron chi connectivity index (χ0n) is 17.1. The Hall–Kier alpha value is -3.49. The van der Waals surface area contributed by atoms with Crippen molar-refractivity contribution < 1.29 is 14.0 Å². The fourth-order valence-corrected chi connectivity index (χ4v) is 3.82. The maximum Gasteiger partial charge on any atom is 0.314 e. The van der Waals surface area contributed by atoms with Crippen LogP contribution in [0.1, 0.15) is 30.0 Å². The van der Waals surface area contributed by atoms with E-state index in [4.69, 9.17) is 4.98 Å². The van der Waals surface area contributed by atoms with Crippen LogP contribution in [-0.4, -0.2) is 52.0 Å². The van der Waals surface area contributed by atoms with Crippen LogP contribution in [-0.2, 0) is 9.59 Å². The van der Waals surface area contributed by atoms with Gasteiger partial charge in [0, 0.05) is 26.8 Å². The topological polar surface area (TPSA) is 82.8 Å². The predicted molar refractivity (Wildman–Crippen MR) is 111 cm³/mol. The first-order chi connectivity index (χ1) is 14.3. The maximum atomic E-state index is 13.9. The molecule has 8 nitrogen and oxygen atoms in total. The highest BCUT2D eigenvalue weighted by molar-refractivity contribution is 6.39. The van der Waals surface area contributed by atoms with Crippen LogP contribution in [0.25, 0.3) is 5.65 Å². The molecule has 0 aliphatic carbocycles. The molecule has 2 amide bonds. The number of aryl methyl sites for hydroxylation is 1.